The maximum Gasteiger partial charge on any atom is 0.230 e. The molecule has 0 fully saturated rings. The Bertz CT molecular complexity index is 1070. The predicted molar refractivity (Wildman–Crippen MR) is 132 cm³/mol. The number of allylic oxidation sites excluding steroid dienone is 1. The molecule has 0 saturated carbocycles. The minimum absolute atomic E-state index is 1.07. The maximum absolute atomic E-state index is 3.82. The van der Waals surface area contributed by atoms with Crippen molar-refractivity contribution in [2.45, 2.75) is 6.92 Å². The number of rotatable bonds is 4. The van der Waals surface area contributed by atoms with Crippen LogP contribution in [-0.4, -0.2) is 8.07 Å². The van der Waals surface area contributed by atoms with Gasteiger partial charge in [0.25, 0.3) is 0 Å². The van der Waals surface area contributed by atoms with E-state index >= 15 is 0 Å². The van der Waals surface area contributed by atoms with Crippen LogP contribution < -0.4 is 15.6 Å². The molecule has 0 nitrogen and oxygen atoms in total. The van der Waals surface area contributed by atoms with Crippen LogP contribution in [0.15, 0.2) is 127 Å². The molecule has 4 aromatic carbocycles. The minimum Gasteiger partial charge on any atom is -0.109 e. The van der Waals surface area contributed by atoms with E-state index in [4.69, 9.17) is 0 Å². The summed E-state index contributed by atoms with van der Waals surface area (Å²) in [5.74, 6) is 3.54. The van der Waals surface area contributed by atoms with Gasteiger partial charge in [-0.3, -0.25) is 0 Å². The average molecular weight is 401 g/mol. The molecule has 1 heteroatoms. The van der Waals surface area contributed by atoms with Crippen LogP contribution in [-0.2, 0) is 0 Å². The zero-order valence-corrected chi connectivity index (χ0v) is 18.1. The van der Waals surface area contributed by atoms with Gasteiger partial charge in [-0.05, 0) is 39.7 Å². The van der Waals surface area contributed by atoms with E-state index in [1.54, 1.807) is 0 Å². The highest BCUT2D eigenvalue weighted by Crippen LogP contribution is 2.09. The van der Waals surface area contributed by atoms with Crippen LogP contribution >= 0.6 is 0 Å². The fourth-order valence-corrected chi connectivity index (χ4v) is 7.70. The van der Waals surface area contributed by atoms with E-state index in [9.17, 15) is 0 Å². The Balaban J connectivity index is 1.94. The zero-order chi connectivity index (χ0) is 20.7. The van der Waals surface area contributed by atoms with Gasteiger partial charge in [0.15, 0.2) is 0 Å². The molecule has 0 aliphatic heterocycles. The van der Waals surface area contributed by atoms with Crippen LogP contribution in [0.2, 0.25) is 0 Å². The summed E-state index contributed by atoms with van der Waals surface area (Å²) in [5, 5.41) is 3.92. The van der Waals surface area contributed by atoms with E-state index in [0.29, 0.717) is 0 Å². The highest BCUT2D eigenvalue weighted by Gasteiger charge is 2.38. The Morgan fingerprint density at radius 3 is 1.33 bits per heavy atom. The molecule has 0 atom stereocenters. The highest BCUT2D eigenvalue weighted by molar-refractivity contribution is 7.16. The Hall–Kier alpha value is -3.60. The van der Waals surface area contributed by atoms with Gasteiger partial charge < -0.3 is 0 Å². The first-order chi connectivity index (χ1) is 14.8. The van der Waals surface area contributed by atoms with Crippen LogP contribution in [0.4, 0.5) is 0 Å². The molecule has 0 saturated heterocycles. The van der Waals surface area contributed by atoms with Crippen molar-refractivity contribution >= 4 is 29.7 Å². The van der Waals surface area contributed by atoms with Gasteiger partial charge in [0, 0.05) is 0 Å². The molecular formula is C29H24Si. The minimum atomic E-state index is -2.51. The summed E-state index contributed by atoms with van der Waals surface area (Å²) in [4.78, 5) is 0. The van der Waals surface area contributed by atoms with Gasteiger partial charge in [-0.15, -0.1) is 5.54 Å². The molecule has 0 aliphatic rings. The van der Waals surface area contributed by atoms with Crippen molar-refractivity contribution in [1.29, 1.82) is 0 Å². The molecule has 4 rings (SSSR count). The number of benzene rings is 4. The smallest absolute Gasteiger partial charge is 0.109 e. The van der Waals surface area contributed by atoms with Crippen molar-refractivity contribution in [3.05, 3.63) is 132 Å². The molecule has 0 N–H and O–H groups in total. The molecule has 0 spiro atoms. The quantitative estimate of drug-likeness (QED) is 0.262. The molecule has 0 radical (unpaired) electrons. The number of hydrogen-bond donors (Lipinski definition) is 0. The van der Waals surface area contributed by atoms with Gasteiger partial charge in [-0.25, -0.2) is 0 Å². The van der Waals surface area contributed by atoms with Crippen LogP contribution in [0.25, 0.3) is 6.08 Å². The zero-order valence-electron chi connectivity index (χ0n) is 17.1. The van der Waals surface area contributed by atoms with Crippen LogP contribution in [0.3, 0.4) is 0 Å². The van der Waals surface area contributed by atoms with Crippen LogP contribution in [0.1, 0.15) is 12.5 Å². The predicted octanol–water partition coefficient (Wildman–Crippen LogP) is 4.80. The second-order valence-electron chi connectivity index (χ2n) is 7.34. The van der Waals surface area contributed by atoms with Crippen molar-refractivity contribution in [3.8, 4) is 11.5 Å². The summed E-state index contributed by atoms with van der Waals surface area (Å²) in [6.07, 6.45) is 2.16. The van der Waals surface area contributed by atoms with Crippen LogP contribution in [0, 0.1) is 11.5 Å². The van der Waals surface area contributed by atoms with Crippen molar-refractivity contribution < 1.29 is 0 Å². The van der Waals surface area contributed by atoms with Crippen LogP contribution in [0.5, 0.6) is 0 Å². The van der Waals surface area contributed by atoms with E-state index in [1.165, 1.54) is 21.1 Å². The van der Waals surface area contributed by atoms with Gasteiger partial charge >= 0.3 is 0 Å². The second-order valence-corrected chi connectivity index (χ2v) is 10.8. The molecule has 0 heterocycles. The summed E-state index contributed by atoms with van der Waals surface area (Å²) >= 11 is 0. The lowest BCUT2D eigenvalue weighted by Crippen LogP contribution is -2.66. The topological polar surface area (TPSA) is 0 Å². The molecule has 0 aliphatic carbocycles. The molecule has 0 aromatic heterocycles. The Morgan fingerprint density at radius 2 is 0.933 bits per heavy atom. The standard InChI is InChI=1S/C29H24Si/c1-25(24-26-14-6-2-7-15-26)22-23-30(27-16-8-3-9-17-27,28-18-10-4-11-19-28)29-20-12-5-13-21-29/h2-21,24H,1H3/b25-24+. The van der Waals surface area contributed by atoms with Crippen molar-refractivity contribution in [3.63, 3.8) is 0 Å². The van der Waals surface area contributed by atoms with Gasteiger partial charge in [0.2, 0.25) is 8.07 Å². The summed E-state index contributed by atoms with van der Waals surface area (Å²) in [6.45, 7) is 2.10. The van der Waals surface area contributed by atoms with Gasteiger partial charge in [-0.2, -0.15) is 0 Å². The van der Waals surface area contributed by atoms with E-state index < -0.39 is 8.07 Å². The first kappa shape index (κ1) is 19.7. The Morgan fingerprint density at radius 1 is 0.567 bits per heavy atom. The first-order valence-corrected chi connectivity index (χ1v) is 12.2. The van der Waals surface area contributed by atoms with Crippen molar-refractivity contribution in [2.75, 3.05) is 0 Å². The van der Waals surface area contributed by atoms with E-state index in [0.717, 1.165) is 5.57 Å². The monoisotopic (exact) mass is 400 g/mol. The second kappa shape index (κ2) is 9.26. The lowest BCUT2D eigenvalue weighted by molar-refractivity contribution is 1.58. The fourth-order valence-electron chi connectivity index (χ4n) is 3.81. The van der Waals surface area contributed by atoms with Crippen molar-refractivity contribution in [1.82, 2.24) is 0 Å². The Kier molecular flexibility index (Phi) is 6.08. The summed E-state index contributed by atoms with van der Waals surface area (Å²) in [7, 11) is -2.51. The van der Waals surface area contributed by atoms with E-state index in [2.05, 4.69) is 140 Å². The summed E-state index contributed by atoms with van der Waals surface area (Å²) in [6, 6.07) is 42.7. The highest BCUT2D eigenvalue weighted by atomic mass is 28.3. The van der Waals surface area contributed by atoms with Crippen molar-refractivity contribution in [2.24, 2.45) is 0 Å². The van der Waals surface area contributed by atoms with Gasteiger partial charge in [0.05, 0.1) is 0 Å². The lowest BCUT2D eigenvalue weighted by atomic mass is 10.1. The molecule has 0 unspecified atom stereocenters. The maximum atomic E-state index is 3.82. The first-order valence-electron chi connectivity index (χ1n) is 10.2. The fraction of sp³-hybridized carbons (Fsp3) is 0.0345. The van der Waals surface area contributed by atoms with Gasteiger partial charge in [-0.1, -0.05) is 127 Å². The third-order valence-electron chi connectivity index (χ3n) is 5.25. The van der Waals surface area contributed by atoms with E-state index in [-0.39, 0.29) is 0 Å². The number of hydrogen-bond acceptors (Lipinski definition) is 0. The van der Waals surface area contributed by atoms with Gasteiger partial charge in [0.1, 0.15) is 0 Å². The molecule has 4 aromatic rings. The molecule has 144 valence electrons. The molecule has 30 heavy (non-hydrogen) atoms. The molecular weight excluding hydrogens is 376 g/mol. The summed E-state index contributed by atoms with van der Waals surface area (Å²) < 4.78 is 0. The molecule has 0 amide bonds. The third kappa shape index (κ3) is 4.20. The lowest BCUT2D eigenvalue weighted by Gasteiger charge is -2.28. The third-order valence-corrected chi connectivity index (χ3v) is 9.35. The molecule has 0 bridgehead atoms. The summed E-state index contributed by atoms with van der Waals surface area (Å²) in [5.41, 5.74) is 6.07. The largest absolute Gasteiger partial charge is 0.230 e. The normalized spacial score (nSPS) is 11.4. The SMILES string of the molecule is C/C(C#C[Si](c1ccccc1)(c1ccccc1)c1ccccc1)=C\c1ccccc1. The average Bonchev–Trinajstić information content (AvgIpc) is 2.82. The van der Waals surface area contributed by atoms with E-state index in [1.807, 2.05) is 6.07 Å². The Labute approximate surface area is 180 Å².